The summed E-state index contributed by atoms with van der Waals surface area (Å²) in [6.07, 6.45) is 3.55. The fourth-order valence-corrected chi connectivity index (χ4v) is 3.06. The number of hydrogen-bond acceptors (Lipinski definition) is 4. The SMILES string of the molecule is CN=C(NCC(=O)N1CCCc2ccccc21)N(C)Cc1ccon1. The maximum Gasteiger partial charge on any atom is 0.246 e. The molecule has 1 aromatic carbocycles. The molecule has 1 N–H and O–H groups in total. The third-order valence-electron chi connectivity index (χ3n) is 4.27. The second kappa shape index (κ2) is 7.83. The number of para-hydroxylation sites is 1. The molecular formula is C18H23N5O2. The first-order chi connectivity index (χ1) is 12.2. The summed E-state index contributed by atoms with van der Waals surface area (Å²) >= 11 is 0. The van der Waals surface area contributed by atoms with Gasteiger partial charge in [0.2, 0.25) is 5.91 Å². The van der Waals surface area contributed by atoms with Crippen LogP contribution in [-0.2, 0) is 17.8 Å². The van der Waals surface area contributed by atoms with E-state index in [0.29, 0.717) is 12.5 Å². The molecule has 0 saturated heterocycles. The van der Waals surface area contributed by atoms with E-state index < -0.39 is 0 Å². The molecule has 25 heavy (non-hydrogen) atoms. The van der Waals surface area contributed by atoms with Crippen LogP contribution >= 0.6 is 0 Å². The smallest absolute Gasteiger partial charge is 0.246 e. The summed E-state index contributed by atoms with van der Waals surface area (Å²) in [5.41, 5.74) is 3.06. The number of hydrogen-bond donors (Lipinski definition) is 1. The zero-order chi connectivity index (χ0) is 17.6. The molecule has 7 heteroatoms. The number of anilines is 1. The highest BCUT2D eigenvalue weighted by Gasteiger charge is 2.22. The molecule has 0 spiro atoms. The number of aryl methyl sites for hydroxylation is 1. The van der Waals surface area contributed by atoms with Crippen LogP contribution in [0.3, 0.4) is 0 Å². The van der Waals surface area contributed by atoms with Crippen LogP contribution in [0.15, 0.2) is 46.1 Å². The molecule has 3 rings (SSSR count). The molecule has 0 fully saturated rings. The van der Waals surface area contributed by atoms with E-state index in [2.05, 4.69) is 21.5 Å². The quantitative estimate of drug-likeness (QED) is 0.676. The van der Waals surface area contributed by atoms with E-state index in [-0.39, 0.29) is 12.5 Å². The molecule has 7 nitrogen and oxygen atoms in total. The second-order valence-corrected chi connectivity index (χ2v) is 6.03. The normalized spacial score (nSPS) is 14.2. The van der Waals surface area contributed by atoms with Crippen LogP contribution in [0.2, 0.25) is 0 Å². The molecule has 0 unspecified atom stereocenters. The molecule has 1 aliphatic heterocycles. The number of aromatic nitrogens is 1. The molecule has 1 aliphatic rings. The lowest BCUT2D eigenvalue weighted by molar-refractivity contribution is -0.117. The second-order valence-electron chi connectivity index (χ2n) is 6.03. The molecule has 2 heterocycles. The van der Waals surface area contributed by atoms with Gasteiger partial charge in [0.25, 0.3) is 0 Å². The van der Waals surface area contributed by atoms with Gasteiger partial charge < -0.3 is 19.6 Å². The summed E-state index contributed by atoms with van der Waals surface area (Å²) < 4.78 is 4.84. The van der Waals surface area contributed by atoms with E-state index in [0.717, 1.165) is 30.8 Å². The summed E-state index contributed by atoms with van der Waals surface area (Å²) in [7, 11) is 3.59. The molecule has 2 aromatic rings. The predicted molar refractivity (Wildman–Crippen MR) is 96.4 cm³/mol. The number of rotatable bonds is 4. The summed E-state index contributed by atoms with van der Waals surface area (Å²) in [4.78, 5) is 20.7. The molecule has 0 aliphatic carbocycles. The van der Waals surface area contributed by atoms with Crippen molar-refractivity contribution < 1.29 is 9.32 Å². The van der Waals surface area contributed by atoms with Crippen LogP contribution < -0.4 is 10.2 Å². The minimum atomic E-state index is 0.0446. The summed E-state index contributed by atoms with van der Waals surface area (Å²) in [5, 5.41) is 7.03. The Morgan fingerprint density at radius 2 is 2.24 bits per heavy atom. The summed E-state index contributed by atoms with van der Waals surface area (Å²) in [6, 6.07) is 9.90. The van der Waals surface area contributed by atoms with Crippen LogP contribution in [0.4, 0.5) is 5.69 Å². The van der Waals surface area contributed by atoms with E-state index in [1.807, 2.05) is 35.0 Å². The fourth-order valence-electron chi connectivity index (χ4n) is 3.06. The molecular weight excluding hydrogens is 318 g/mol. The average molecular weight is 341 g/mol. The summed E-state index contributed by atoms with van der Waals surface area (Å²) in [6.45, 7) is 1.51. The van der Waals surface area contributed by atoms with Crippen molar-refractivity contribution in [2.45, 2.75) is 19.4 Å². The molecule has 0 saturated carbocycles. The number of nitrogens with zero attached hydrogens (tertiary/aromatic N) is 4. The number of fused-ring (bicyclic) bond motifs is 1. The molecule has 1 amide bonds. The Morgan fingerprint density at radius 3 is 3.00 bits per heavy atom. The van der Waals surface area contributed by atoms with Gasteiger partial charge in [0, 0.05) is 32.4 Å². The van der Waals surface area contributed by atoms with Crippen LogP contribution in [0.5, 0.6) is 0 Å². The minimum Gasteiger partial charge on any atom is -0.364 e. The molecule has 0 radical (unpaired) electrons. The van der Waals surface area contributed by atoms with Crippen LogP contribution in [0.25, 0.3) is 0 Å². The van der Waals surface area contributed by atoms with Crippen molar-refractivity contribution >= 4 is 17.6 Å². The maximum absolute atomic E-state index is 12.7. The molecule has 0 atom stereocenters. The van der Waals surface area contributed by atoms with Gasteiger partial charge in [-0.05, 0) is 24.5 Å². The number of benzene rings is 1. The van der Waals surface area contributed by atoms with E-state index >= 15 is 0 Å². The number of nitrogens with one attached hydrogen (secondary N) is 1. The Kier molecular flexibility index (Phi) is 5.33. The first-order valence-electron chi connectivity index (χ1n) is 8.38. The minimum absolute atomic E-state index is 0.0446. The van der Waals surface area contributed by atoms with Gasteiger partial charge in [0.05, 0.1) is 13.1 Å². The van der Waals surface area contributed by atoms with Crippen molar-refractivity contribution in [3.8, 4) is 0 Å². The van der Waals surface area contributed by atoms with Gasteiger partial charge in [-0.1, -0.05) is 23.4 Å². The van der Waals surface area contributed by atoms with E-state index in [1.54, 1.807) is 13.1 Å². The highest BCUT2D eigenvalue weighted by Crippen LogP contribution is 2.26. The number of carbonyl (C=O) groups is 1. The lowest BCUT2D eigenvalue weighted by Crippen LogP contribution is -2.46. The van der Waals surface area contributed by atoms with Gasteiger partial charge in [0.15, 0.2) is 5.96 Å². The van der Waals surface area contributed by atoms with E-state index in [1.165, 1.54) is 11.8 Å². The van der Waals surface area contributed by atoms with Crippen molar-refractivity contribution in [1.29, 1.82) is 0 Å². The Bertz CT molecular complexity index is 742. The average Bonchev–Trinajstić information content (AvgIpc) is 3.14. The Labute approximate surface area is 147 Å². The van der Waals surface area contributed by atoms with Crippen molar-refractivity contribution in [3.63, 3.8) is 0 Å². The fraction of sp³-hybridized carbons (Fsp3) is 0.389. The van der Waals surface area contributed by atoms with Crippen molar-refractivity contribution in [1.82, 2.24) is 15.4 Å². The topological polar surface area (TPSA) is 74.0 Å². The Balaban J connectivity index is 1.60. The summed E-state index contributed by atoms with van der Waals surface area (Å²) in [5.74, 6) is 0.685. The highest BCUT2D eigenvalue weighted by molar-refractivity contribution is 5.98. The molecule has 132 valence electrons. The van der Waals surface area contributed by atoms with E-state index in [9.17, 15) is 4.79 Å². The Morgan fingerprint density at radius 1 is 1.40 bits per heavy atom. The molecule has 0 bridgehead atoms. The van der Waals surface area contributed by atoms with Crippen molar-refractivity contribution in [2.75, 3.05) is 32.1 Å². The van der Waals surface area contributed by atoms with Gasteiger partial charge in [-0.2, -0.15) is 0 Å². The lowest BCUT2D eigenvalue weighted by Gasteiger charge is -2.30. The van der Waals surface area contributed by atoms with Gasteiger partial charge in [-0.15, -0.1) is 0 Å². The van der Waals surface area contributed by atoms with Crippen LogP contribution in [-0.4, -0.2) is 49.1 Å². The van der Waals surface area contributed by atoms with Crippen molar-refractivity contribution in [3.05, 3.63) is 47.9 Å². The van der Waals surface area contributed by atoms with Crippen molar-refractivity contribution in [2.24, 2.45) is 4.99 Å². The standard InChI is InChI=1S/C18H23N5O2/c1-19-18(22(2)13-15-9-11-25-21-15)20-12-17(24)23-10-5-7-14-6-3-4-8-16(14)23/h3-4,6,8-9,11H,5,7,10,12-13H2,1-2H3,(H,19,20). The van der Waals surface area contributed by atoms with Gasteiger partial charge in [-0.25, -0.2) is 0 Å². The predicted octanol–water partition coefficient (Wildman–Crippen LogP) is 1.66. The third-order valence-corrected chi connectivity index (χ3v) is 4.27. The molecule has 1 aromatic heterocycles. The first kappa shape index (κ1) is 17.0. The van der Waals surface area contributed by atoms with Gasteiger partial charge in [0.1, 0.15) is 12.0 Å². The van der Waals surface area contributed by atoms with E-state index in [4.69, 9.17) is 4.52 Å². The zero-order valence-electron chi connectivity index (χ0n) is 14.6. The maximum atomic E-state index is 12.7. The number of aliphatic imine (C=N–C) groups is 1. The third kappa shape index (κ3) is 3.99. The number of carbonyl (C=O) groups excluding carboxylic acids is 1. The van der Waals surface area contributed by atoms with Crippen LogP contribution in [0.1, 0.15) is 17.7 Å². The zero-order valence-corrected chi connectivity index (χ0v) is 14.6. The Hall–Kier alpha value is -2.83. The van der Waals surface area contributed by atoms with Crippen LogP contribution in [0, 0.1) is 0 Å². The monoisotopic (exact) mass is 341 g/mol. The first-order valence-corrected chi connectivity index (χ1v) is 8.38. The number of amides is 1. The van der Waals surface area contributed by atoms with Gasteiger partial charge in [-0.3, -0.25) is 9.79 Å². The largest absolute Gasteiger partial charge is 0.364 e. The van der Waals surface area contributed by atoms with Gasteiger partial charge >= 0.3 is 0 Å². The lowest BCUT2D eigenvalue weighted by atomic mass is 10.0. The number of guanidine groups is 1. The highest BCUT2D eigenvalue weighted by atomic mass is 16.5.